The molecule has 1 aliphatic carbocycles. The van der Waals surface area contributed by atoms with E-state index in [0.29, 0.717) is 0 Å². The molecule has 1 aliphatic rings. The summed E-state index contributed by atoms with van der Waals surface area (Å²) in [6.07, 6.45) is 3.40. The predicted molar refractivity (Wildman–Crippen MR) is 108 cm³/mol. The molecule has 0 heterocycles. The molecule has 0 N–H and O–H groups in total. The Kier molecular flexibility index (Phi) is 4.07. The molecule has 0 saturated carbocycles. The average Bonchev–Trinajstić information content (AvgIpc) is 3.07. The molecular formula is C22H21ClSi. The SMILES string of the molecule is CC[Si](Cl)(Cc1cccc2ccccc12)C1=Cc2ccccc2C1. The molecule has 24 heavy (non-hydrogen) atoms. The molecule has 4 rings (SSSR count). The van der Waals surface area contributed by atoms with Crippen LogP contribution in [-0.4, -0.2) is 7.38 Å². The largest absolute Gasteiger partial charge is 0.187 e. The van der Waals surface area contributed by atoms with Crippen LogP contribution in [0.4, 0.5) is 0 Å². The van der Waals surface area contributed by atoms with Gasteiger partial charge in [0, 0.05) is 0 Å². The van der Waals surface area contributed by atoms with E-state index >= 15 is 0 Å². The van der Waals surface area contributed by atoms with Crippen molar-refractivity contribution < 1.29 is 0 Å². The molecule has 0 radical (unpaired) electrons. The highest BCUT2D eigenvalue weighted by molar-refractivity contribution is 7.24. The van der Waals surface area contributed by atoms with Crippen molar-refractivity contribution in [2.75, 3.05) is 0 Å². The van der Waals surface area contributed by atoms with Gasteiger partial charge in [0.25, 0.3) is 0 Å². The molecule has 3 aromatic carbocycles. The van der Waals surface area contributed by atoms with E-state index in [1.54, 1.807) is 0 Å². The maximum atomic E-state index is 7.33. The van der Waals surface area contributed by atoms with E-state index in [1.807, 2.05) is 0 Å². The van der Waals surface area contributed by atoms with Crippen LogP contribution >= 0.6 is 11.1 Å². The van der Waals surface area contributed by atoms with Crippen molar-refractivity contribution in [1.82, 2.24) is 0 Å². The topological polar surface area (TPSA) is 0 Å². The fourth-order valence-corrected chi connectivity index (χ4v) is 7.34. The quantitative estimate of drug-likeness (QED) is 0.383. The Hall–Kier alpha value is -1.83. The zero-order valence-electron chi connectivity index (χ0n) is 13.9. The summed E-state index contributed by atoms with van der Waals surface area (Å²) in [6.45, 7) is 2.26. The number of allylic oxidation sites excluding steroid dienone is 1. The first kappa shape index (κ1) is 15.7. The number of hydrogen-bond acceptors (Lipinski definition) is 0. The van der Waals surface area contributed by atoms with Crippen LogP contribution in [0.1, 0.15) is 23.6 Å². The fraction of sp³-hybridized carbons (Fsp3) is 0.182. The molecule has 0 saturated heterocycles. The van der Waals surface area contributed by atoms with Crippen molar-refractivity contribution >= 4 is 35.3 Å². The maximum absolute atomic E-state index is 7.33. The van der Waals surface area contributed by atoms with E-state index in [9.17, 15) is 0 Å². The highest BCUT2D eigenvalue weighted by atomic mass is 35.6. The number of fused-ring (bicyclic) bond motifs is 2. The molecule has 0 spiro atoms. The third kappa shape index (κ3) is 2.72. The second-order valence-corrected chi connectivity index (χ2v) is 12.5. The van der Waals surface area contributed by atoms with Crippen molar-refractivity contribution in [2.45, 2.75) is 25.4 Å². The van der Waals surface area contributed by atoms with Gasteiger partial charge in [0.1, 0.15) is 0 Å². The number of hydrogen-bond donors (Lipinski definition) is 0. The summed E-state index contributed by atoms with van der Waals surface area (Å²) in [4.78, 5) is 0. The summed E-state index contributed by atoms with van der Waals surface area (Å²) in [5.74, 6) is 0. The van der Waals surface area contributed by atoms with Crippen molar-refractivity contribution in [3.05, 3.63) is 88.6 Å². The monoisotopic (exact) mass is 348 g/mol. The van der Waals surface area contributed by atoms with E-state index in [1.165, 1.54) is 32.7 Å². The lowest BCUT2D eigenvalue weighted by Gasteiger charge is -2.25. The van der Waals surface area contributed by atoms with Gasteiger partial charge in [0.2, 0.25) is 0 Å². The van der Waals surface area contributed by atoms with Gasteiger partial charge in [-0.3, -0.25) is 0 Å². The lowest BCUT2D eigenvalue weighted by molar-refractivity contribution is 1.21. The summed E-state index contributed by atoms with van der Waals surface area (Å²) in [7, 11) is -2.01. The van der Waals surface area contributed by atoms with Crippen molar-refractivity contribution in [3.8, 4) is 0 Å². The molecule has 120 valence electrons. The lowest BCUT2D eigenvalue weighted by Crippen LogP contribution is -2.33. The lowest BCUT2D eigenvalue weighted by atomic mass is 10.1. The Labute approximate surface area is 149 Å². The summed E-state index contributed by atoms with van der Waals surface area (Å²) in [6, 6.07) is 26.0. The van der Waals surface area contributed by atoms with Gasteiger partial charge in [-0.2, -0.15) is 11.1 Å². The van der Waals surface area contributed by atoms with Gasteiger partial charge in [0.15, 0.2) is 7.38 Å². The third-order valence-electron chi connectivity index (χ3n) is 5.25. The smallest absolute Gasteiger partial charge is 0.161 e. The highest BCUT2D eigenvalue weighted by Crippen LogP contribution is 2.38. The number of rotatable bonds is 4. The van der Waals surface area contributed by atoms with Gasteiger partial charge >= 0.3 is 0 Å². The molecule has 0 aliphatic heterocycles. The van der Waals surface area contributed by atoms with Crippen molar-refractivity contribution in [3.63, 3.8) is 0 Å². The Bertz CT molecular complexity index is 923. The highest BCUT2D eigenvalue weighted by Gasteiger charge is 2.36. The Morgan fingerprint density at radius 2 is 1.67 bits per heavy atom. The molecule has 3 aromatic rings. The summed E-state index contributed by atoms with van der Waals surface area (Å²) < 4.78 is 0. The molecule has 1 unspecified atom stereocenters. The summed E-state index contributed by atoms with van der Waals surface area (Å²) in [5.41, 5.74) is 4.18. The minimum atomic E-state index is -2.01. The normalized spacial score (nSPS) is 15.8. The van der Waals surface area contributed by atoms with Crippen LogP contribution in [0.15, 0.2) is 71.9 Å². The number of benzene rings is 3. The molecule has 0 fully saturated rings. The molecule has 2 heteroatoms. The van der Waals surface area contributed by atoms with E-state index in [4.69, 9.17) is 11.1 Å². The van der Waals surface area contributed by atoms with Gasteiger partial charge in [0.05, 0.1) is 0 Å². The standard InChI is InChI=1S/C22H21ClSi/c1-2-24(23,21-14-18-9-3-4-10-19(18)15-21)16-20-12-7-11-17-8-5-6-13-22(17)20/h3-14H,2,15-16H2,1H3. The van der Waals surface area contributed by atoms with E-state index < -0.39 is 7.38 Å². The van der Waals surface area contributed by atoms with Gasteiger partial charge in [-0.05, 0) is 46.0 Å². The Morgan fingerprint density at radius 3 is 2.50 bits per heavy atom. The van der Waals surface area contributed by atoms with Crippen LogP contribution in [0.5, 0.6) is 0 Å². The van der Waals surface area contributed by atoms with E-state index in [0.717, 1.165) is 18.5 Å². The Balaban J connectivity index is 1.71. The Morgan fingerprint density at radius 1 is 0.917 bits per heavy atom. The first-order chi connectivity index (χ1) is 11.7. The minimum Gasteiger partial charge on any atom is -0.161 e. The van der Waals surface area contributed by atoms with Crippen LogP contribution in [0, 0.1) is 0 Å². The van der Waals surface area contributed by atoms with Gasteiger partial charge < -0.3 is 0 Å². The molecular weight excluding hydrogens is 328 g/mol. The second kappa shape index (κ2) is 6.23. The van der Waals surface area contributed by atoms with Gasteiger partial charge in [-0.1, -0.05) is 84.9 Å². The predicted octanol–water partition coefficient (Wildman–Crippen LogP) is 6.30. The minimum absolute atomic E-state index is 1.01. The number of halogens is 1. The van der Waals surface area contributed by atoms with Crippen molar-refractivity contribution in [1.29, 1.82) is 0 Å². The van der Waals surface area contributed by atoms with Gasteiger partial charge in [-0.25, -0.2) is 0 Å². The zero-order valence-corrected chi connectivity index (χ0v) is 15.7. The zero-order chi connectivity index (χ0) is 16.6. The van der Waals surface area contributed by atoms with Crippen LogP contribution in [0.3, 0.4) is 0 Å². The molecule has 0 nitrogen and oxygen atoms in total. The fourth-order valence-electron chi connectivity index (χ4n) is 3.78. The van der Waals surface area contributed by atoms with Crippen LogP contribution in [0.2, 0.25) is 6.04 Å². The molecule has 0 aromatic heterocycles. The van der Waals surface area contributed by atoms with Crippen LogP contribution in [-0.2, 0) is 12.5 Å². The van der Waals surface area contributed by atoms with Crippen LogP contribution < -0.4 is 0 Å². The van der Waals surface area contributed by atoms with E-state index in [-0.39, 0.29) is 0 Å². The molecule has 1 atom stereocenters. The molecule has 0 amide bonds. The third-order valence-corrected chi connectivity index (χ3v) is 10.7. The summed E-state index contributed by atoms with van der Waals surface area (Å²) >= 11 is 7.33. The average molecular weight is 349 g/mol. The second-order valence-electron chi connectivity index (χ2n) is 6.68. The first-order valence-corrected chi connectivity index (χ1v) is 12.1. The summed E-state index contributed by atoms with van der Waals surface area (Å²) in [5, 5.41) is 4.14. The van der Waals surface area contributed by atoms with Crippen LogP contribution in [0.25, 0.3) is 16.8 Å². The molecule has 0 bridgehead atoms. The van der Waals surface area contributed by atoms with Crippen molar-refractivity contribution in [2.24, 2.45) is 0 Å². The van der Waals surface area contributed by atoms with E-state index in [2.05, 4.69) is 79.7 Å². The first-order valence-electron chi connectivity index (χ1n) is 8.64. The van der Waals surface area contributed by atoms with Gasteiger partial charge in [-0.15, -0.1) is 0 Å². The maximum Gasteiger partial charge on any atom is 0.187 e.